The Morgan fingerprint density at radius 3 is 2.71 bits per heavy atom. The summed E-state index contributed by atoms with van der Waals surface area (Å²) in [6.45, 7) is 5.12. The lowest BCUT2D eigenvalue weighted by Gasteiger charge is -2.18. The minimum absolute atomic E-state index is 0.153. The normalized spacial score (nSPS) is 10.8. The molecule has 0 bridgehead atoms. The number of allylic oxidation sites excluding steroid dienone is 1. The number of rotatable bonds is 10. The predicted molar refractivity (Wildman–Crippen MR) is 132 cm³/mol. The standard InChI is InChI=1S/C27H28N4O3/c1-4-9-20-13-14-24(25(18-20)33-3)34-17-16-31-23-12-6-5-10-21(23)29-26(31)19-30(2)27(32)22-11-7-8-15-28-22/h4-8,10-15,18H,1,9,16-17,19H2,2-3H3. The fraction of sp³-hybridized carbons (Fsp3) is 0.222. The Morgan fingerprint density at radius 1 is 1.12 bits per heavy atom. The summed E-state index contributed by atoms with van der Waals surface area (Å²) >= 11 is 0. The molecule has 2 aromatic heterocycles. The molecule has 0 aliphatic carbocycles. The highest BCUT2D eigenvalue weighted by atomic mass is 16.5. The average molecular weight is 457 g/mol. The third-order valence-corrected chi connectivity index (χ3v) is 5.52. The number of hydrogen-bond donors (Lipinski definition) is 0. The maximum absolute atomic E-state index is 12.8. The maximum Gasteiger partial charge on any atom is 0.272 e. The third kappa shape index (κ3) is 5.09. The van der Waals surface area contributed by atoms with E-state index >= 15 is 0 Å². The van der Waals surface area contributed by atoms with Crippen LogP contribution in [0.25, 0.3) is 11.0 Å². The third-order valence-electron chi connectivity index (χ3n) is 5.52. The van der Waals surface area contributed by atoms with E-state index < -0.39 is 0 Å². The molecule has 0 atom stereocenters. The first-order valence-electron chi connectivity index (χ1n) is 11.1. The Kier molecular flexibility index (Phi) is 7.22. The van der Waals surface area contributed by atoms with Crippen LogP contribution in [-0.4, -0.2) is 46.1 Å². The van der Waals surface area contributed by atoms with E-state index in [9.17, 15) is 4.79 Å². The highest BCUT2D eigenvalue weighted by Gasteiger charge is 2.18. The van der Waals surface area contributed by atoms with E-state index in [0.717, 1.165) is 28.8 Å². The number of para-hydroxylation sites is 2. The van der Waals surface area contributed by atoms with Gasteiger partial charge in [0, 0.05) is 13.2 Å². The number of benzene rings is 2. The van der Waals surface area contributed by atoms with Crippen LogP contribution in [0.3, 0.4) is 0 Å². The molecule has 0 saturated carbocycles. The zero-order chi connectivity index (χ0) is 23.9. The molecule has 2 aromatic carbocycles. The van der Waals surface area contributed by atoms with Crippen LogP contribution in [0, 0.1) is 0 Å². The second-order valence-electron chi connectivity index (χ2n) is 7.87. The summed E-state index contributed by atoms with van der Waals surface area (Å²) in [5.74, 6) is 2.00. The molecule has 2 heterocycles. The molecule has 4 rings (SSSR count). The van der Waals surface area contributed by atoms with Crippen LogP contribution in [-0.2, 0) is 19.5 Å². The molecule has 7 nitrogen and oxygen atoms in total. The fourth-order valence-corrected chi connectivity index (χ4v) is 3.84. The molecule has 4 aromatic rings. The summed E-state index contributed by atoms with van der Waals surface area (Å²) in [4.78, 5) is 23.4. The van der Waals surface area contributed by atoms with Gasteiger partial charge in [-0.1, -0.05) is 30.3 Å². The van der Waals surface area contributed by atoms with Gasteiger partial charge in [-0.2, -0.15) is 0 Å². The molecule has 0 N–H and O–H groups in total. The van der Waals surface area contributed by atoms with Crippen LogP contribution in [0.4, 0.5) is 0 Å². The van der Waals surface area contributed by atoms with E-state index in [1.807, 2.05) is 48.5 Å². The van der Waals surface area contributed by atoms with E-state index in [4.69, 9.17) is 14.5 Å². The number of amides is 1. The van der Waals surface area contributed by atoms with Gasteiger partial charge in [0.2, 0.25) is 0 Å². The Bertz CT molecular complexity index is 1280. The number of methoxy groups -OCH3 is 1. The van der Waals surface area contributed by atoms with Crippen molar-refractivity contribution in [2.75, 3.05) is 20.8 Å². The molecule has 0 aliphatic heterocycles. The molecule has 0 aliphatic rings. The van der Waals surface area contributed by atoms with Crippen molar-refractivity contribution in [1.29, 1.82) is 0 Å². The van der Waals surface area contributed by atoms with Gasteiger partial charge in [0.25, 0.3) is 5.91 Å². The van der Waals surface area contributed by atoms with Gasteiger partial charge in [-0.25, -0.2) is 4.98 Å². The number of fused-ring (bicyclic) bond motifs is 1. The van der Waals surface area contributed by atoms with Gasteiger partial charge < -0.3 is 18.9 Å². The summed E-state index contributed by atoms with van der Waals surface area (Å²) in [5, 5.41) is 0. The zero-order valence-electron chi connectivity index (χ0n) is 19.5. The number of pyridine rings is 1. The second kappa shape index (κ2) is 10.7. The first kappa shape index (κ1) is 23.0. The summed E-state index contributed by atoms with van der Waals surface area (Å²) in [6, 6.07) is 19.1. The first-order chi connectivity index (χ1) is 16.6. The van der Waals surface area contributed by atoms with Crippen molar-refractivity contribution in [3.8, 4) is 11.5 Å². The summed E-state index contributed by atoms with van der Waals surface area (Å²) in [7, 11) is 3.39. The molecule has 0 spiro atoms. The number of hydrogen-bond acceptors (Lipinski definition) is 5. The van der Waals surface area contributed by atoms with Crippen molar-refractivity contribution >= 4 is 16.9 Å². The van der Waals surface area contributed by atoms with Gasteiger partial charge in [-0.15, -0.1) is 6.58 Å². The van der Waals surface area contributed by atoms with Crippen LogP contribution < -0.4 is 9.47 Å². The number of nitrogens with zero attached hydrogens (tertiary/aromatic N) is 4. The number of aromatic nitrogens is 3. The second-order valence-corrected chi connectivity index (χ2v) is 7.87. The highest BCUT2D eigenvalue weighted by Crippen LogP contribution is 2.28. The summed E-state index contributed by atoms with van der Waals surface area (Å²) in [6.07, 6.45) is 4.24. The smallest absolute Gasteiger partial charge is 0.272 e. The largest absolute Gasteiger partial charge is 0.493 e. The molecule has 7 heteroatoms. The number of carbonyl (C=O) groups is 1. The average Bonchev–Trinajstić information content (AvgIpc) is 3.21. The maximum atomic E-state index is 12.8. The quantitative estimate of drug-likeness (QED) is 0.328. The van der Waals surface area contributed by atoms with Crippen LogP contribution >= 0.6 is 0 Å². The molecule has 1 amide bonds. The molecule has 0 saturated heterocycles. The van der Waals surface area contributed by atoms with Crippen molar-refractivity contribution in [2.45, 2.75) is 19.5 Å². The van der Waals surface area contributed by atoms with Crippen molar-refractivity contribution in [3.05, 3.63) is 96.6 Å². The Balaban J connectivity index is 1.52. The number of carbonyl (C=O) groups excluding carboxylic acids is 1. The van der Waals surface area contributed by atoms with Crippen molar-refractivity contribution in [3.63, 3.8) is 0 Å². The van der Waals surface area contributed by atoms with Crippen molar-refractivity contribution in [1.82, 2.24) is 19.4 Å². The van der Waals surface area contributed by atoms with Gasteiger partial charge in [0.15, 0.2) is 11.5 Å². The van der Waals surface area contributed by atoms with Gasteiger partial charge in [0.05, 0.1) is 31.2 Å². The topological polar surface area (TPSA) is 69.5 Å². The van der Waals surface area contributed by atoms with Gasteiger partial charge in [-0.3, -0.25) is 9.78 Å². The SMILES string of the molecule is C=CCc1ccc(OCCn2c(CN(C)C(=O)c3ccccn3)nc3ccccc32)c(OC)c1. The van der Waals surface area contributed by atoms with E-state index in [2.05, 4.69) is 16.1 Å². The number of imidazole rings is 1. The first-order valence-corrected chi connectivity index (χ1v) is 11.1. The number of ether oxygens (including phenoxy) is 2. The Labute approximate surface area is 199 Å². The molecule has 0 unspecified atom stereocenters. The zero-order valence-corrected chi connectivity index (χ0v) is 19.5. The van der Waals surface area contributed by atoms with Gasteiger partial charge >= 0.3 is 0 Å². The minimum atomic E-state index is -0.153. The summed E-state index contributed by atoms with van der Waals surface area (Å²) in [5.41, 5.74) is 3.39. The molecular formula is C27H28N4O3. The molecule has 0 radical (unpaired) electrons. The van der Waals surface area contributed by atoms with Gasteiger partial charge in [-0.05, 0) is 48.4 Å². The lowest BCUT2D eigenvalue weighted by Crippen LogP contribution is -2.28. The van der Waals surface area contributed by atoms with Gasteiger partial charge in [0.1, 0.15) is 18.1 Å². The van der Waals surface area contributed by atoms with E-state index in [1.54, 1.807) is 43.5 Å². The molecule has 0 fully saturated rings. The van der Waals surface area contributed by atoms with E-state index in [-0.39, 0.29) is 5.91 Å². The van der Waals surface area contributed by atoms with Crippen LogP contribution in [0.5, 0.6) is 11.5 Å². The van der Waals surface area contributed by atoms with Crippen molar-refractivity contribution in [2.24, 2.45) is 0 Å². The monoisotopic (exact) mass is 456 g/mol. The molecule has 174 valence electrons. The molecular weight excluding hydrogens is 428 g/mol. The van der Waals surface area contributed by atoms with Crippen LogP contribution in [0.2, 0.25) is 0 Å². The lowest BCUT2D eigenvalue weighted by atomic mass is 10.1. The Hall–Kier alpha value is -4.13. The predicted octanol–water partition coefficient (Wildman–Crippen LogP) is 4.52. The van der Waals surface area contributed by atoms with E-state index in [0.29, 0.717) is 36.9 Å². The van der Waals surface area contributed by atoms with Crippen LogP contribution in [0.1, 0.15) is 21.9 Å². The van der Waals surface area contributed by atoms with Crippen LogP contribution in [0.15, 0.2) is 79.5 Å². The molecule has 34 heavy (non-hydrogen) atoms. The van der Waals surface area contributed by atoms with Crippen molar-refractivity contribution < 1.29 is 14.3 Å². The minimum Gasteiger partial charge on any atom is -0.493 e. The fourth-order valence-electron chi connectivity index (χ4n) is 3.84. The Morgan fingerprint density at radius 2 is 1.94 bits per heavy atom. The summed E-state index contributed by atoms with van der Waals surface area (Å²) < 4.78 is 13.7. The lowest BCUT2D eigenvalue weighted by molar-refractivity contribution is 0.0774. The highest BCUT2D eigenvalue weighted by molar-refractivity contribution is 5.92. The van der Waals surface area contributed by atoms with E-state index in [1.165, 1.54) is 0 Å².